The van der Waals surface area contributed by atoms with Crippen molar-refractivity contribution in [1.29, 1.82) is 0 Å². The van der Waals surface area contributed by atoms with Crippen LogP contribution in [0.3, 0.4) is 0 Å². The number of hydrogen-bond donors (Lipinski definition) is 1. The van der Waals surface area contributed by atoms with Crippen molar-refractivity contribution < 1.29 is 14.6 Å². The first-order valence-corrected chi connectivity index (χ1v) is 7.77. The molecular weight excluding hydrogens is 312 g/mol. The Kier molecular flexibility index (Phi) is 4.82. The molecule has 3 aromatic carbocycles. The minimum atomic E-state index is -0.985. The third kappa shape index (κ3) is 3.70. The molecule has 0 saturated heterocycles. The maximum Gasteiger partial charge on any atom is 0.336 e. The maximum atomic E-state index is 11.7. The number of aromatic carboxylic acids is 1. The number of carboxylic acid groups (broad SMARTS) is 1. The second kappa shape index (κ2) is 7.37. The summed E-state index contributed by atoms with van der Waals surface area (Å²) in [6, 6.07) is 22.1. The van der Waals surface area contributed by atoms with E-state index in [1.54, 1.807) is 19.2 Å². The van der Waals surface area contributed by atoms with Crippen LogP contribution in [0, 0.1) is 11.8 Å². The van der Waals surface area contributed by atoms with E-state index in [2.05, 4.69) is 11.8 Å². The molecule has 0 aliphatic rings. The second-order valence-electron chi connectivity index (χ2n) is 5.38. The van der Waals surface area contributed by atoms with Gasteiger partial charge in [-0.05, 0) is 42.0 Å². The summed E-state index contributed by atoms with van der Waals surface area (Å²) < 4.78 is 5.26. The summed E-state index contributed by atoms with van der Waals surface area (Å²) in [6.07, 6.45) is 0. The molecule has 0 spiro atoms. The Hall–Kier alpha value is -3.51. The van der Waals surface area contributed by atoms with Crippen molar-refractivity contribution >= 4 is 5.97 Å². The second-order valence-corrected chi connectivity index (χ2v) is 5.38. The fraction of sp³-hybridized carbons (Fsp3) is 0.0455. The van der Waals surface area contributed by atoms with Gasteiger partial charge in [0.15, 0.2) is 0 Å². The van der Waals surface area contributed by atoms with Gasteiger partial charge in [-0.25, -0.2) is 4.79 Å². The molecule has 122 valence electrons. The highest BCUT2D eigenvalue weighted by Crippen LogP contribution is 2.30. The van der Waals surface area contributed by atoms with Crippen molar-refractivity contribution in [3.63, 3.8) is 0 Å². The summed E-state index contributed by atoms with van der Waals surface area (Å²) in [5.74, 6) is 5.88. The Labute approximate surface area is 146 Å². The van der Waals surface area contributed by atoms with Gasteiger partial charge in [0.2, 0.25) is 0 Å². The molecule has 0 aromatic heterocycles. The monoisotopic (exact) mass is 328 g/mol. The van der Waals surface area contributed by atoms with E-state index in [-0.39, 0.29) is 5.56 Å². The highest BCUT2D eigenvalue weighted by atomic mass is 16.5. The zero-order valence-electron chi connectivity index (χ0n) is 13.7. The molecule has 0 saturated carbocycles. The van der Waals surface area contributed by atoms with Crippen molar-refractivity contribution in [2.75, 3.05) is 7.11 Å². The fourth-order valence-electron chi connectivity index (χ4n) is 2.59. The molecule has 0 radical (unpaired) electrons. The van der Waals surface area contributed by atoms with Gasteiger partial charge in [0.05, 0.1) is 12.7 Å². The summed E-state index contributed by atoms with van der Waals surface area (Å²) >= 11 is 0. The van der Waals surface area contributed by atoms with Crippen molar-refractivity contribution in [1.82, 2.24) is 0 Å². The van der Waals surface area contributed by atoms with Gasteiger partial charge < -0.3 is 9.84 Å². The van der Waals surface area contributed by atoms with Crippen LogP contribution in [0.1, 0.15) is 21.5 Å². The molecule has 1 N–H and O–H groups in total. The van der Waals surface area contributed by atoms with Crippen LogP contribution in [0.2, 0.25) is 0 Å². The van der Waals surface area contributed by atoms with Gasteiger partial charge in [-0.15, -0.1) is 0 Å². The van der Waals surface area contributed by atoms with E-state index >= 15 is 0 Å². The van der Waals surface area contributed by atoms with Crippen molar-refractivity contribution in [2.45, 2.75) is 0 Å². The van der Waals surface area contributed by atoms with Gasteiger partial charge in [0, 0.05) is 16.7 Å². The van der Waals surface area contributed by atoms with E-state index in [0.29, 0.717) is 16.9 Å². The summed E-state index contributed by atoms with van der Waals surface area (Å²) in [5.41, 5.74) is 3.11. The minimum Gasteiger partial charge on any atom is -0.497 e. The SMILES string of the molecule is COc1cccc(-c2c(C#Cc3ccccc3)cccc2C(=O)O)c1. The lowest BCUT2D eigenvalue weighted by atomic mass is 9.94. The van der Waals surface area contributed by atoms with Gasteiger partial charge in [0.25, 0.3) is 0 Å². The van der Waals surface area contributed by atoms with Gasteiger partial charge in [-0.3, -0.25) is 0 Å². The molecule has 0 unspecified atom stereocenters. The number of carboxylic acids is 1. The molecule has 25 heavy (non-hydrogen) atoms. The number of carbonyl (C=O) groups is 1. The number of methoxy groups -OCH3 is 1. The van der Waals surface area contributed by atoms with Crippen LogP contribution in [0.5, 0.6) is 5.75 Å². The van der Waals surface area contributed by atoms with E-state index in [0.717, 1.165) is 11.1 Å². The fourth-order valence-corrected chi connectivity index (χ4v) is 2.59. The molecule has 3 rings (SSSR count). The largest absolute Gasteiger partial charge is 0.497 e. The highest BCUT2D eigenvalue weighted by Gasteiger charge is 2.15. The molecule has 0 atom stereocenters. The molecule has 3 heteroatoms. The highest BCUT2D eigenvalue weighted by molar-refractivity contribution is 5.98. The average molecular weight is 328 g/mol. The molecule has 3 nitrogen and oxygen atoms in total. The Bertz CT molecular complexity index is 963. The van der Waals surface area contributed by atoms with Crippen molar-refractivity contribution in [3.8, 4) is 28.7 Å². The van der Waals surface area contributed by atoms with E-state index in [1.165, 1.54) is 0 Å². The van der Waals surface area contributed by atoms with Crippen LogP contribution in [0.4, 0.5) is 0 Å². The average Bonchev–Trinajstić information content (AvgIpc) is 2.66. The lowest BCUT2D eigenvalue weighted by Crippen LogP contribution is -2.01. The first-order valence-electron chi connectivity index (χ1n) is 7.77. The van der Waals surface area contributed by atoms with Crippen LogP contribution in [-0.2, 0) is 0 Å². The lowest BCUT2D eigenvalue weighted by molar-refractivity contribution is 0.0697. The lowest BCUT2D eigenvalue weighted by Gasteiger charge is -2.10. The van der Waals surface area contributed by atoms with E-state index in [4.69, 9.17) is 4.74 Å². The molecule has 0 fully saturated rings. The van der Waals surface area contributed by atoms with Crippen molar-refractivity contribution in [2.24, 2.45) is 0 Å². The van der Waals surface area contributed by atoms with Crippen molar-refractivity contribution in [3.05, 3.63) is 89.5 Å². The maximum absolute atomic E-state index is 11.7. The molecule has 3 aromatic rings. The summed E-state index contributed by atoms with van der Waals surface area (Å²) in [4.78, 5) is 11.7. The predicted octanol–water partition coefficient (Wildman–Crippen LogP) is 4.46. The van der Waals surface area contributed by atoms with Gasteiger partial charge >= 0.3 is 5.97 Å². The number of ether oxygens (including phenoxy) is 1. The Balaban J connectivity index is 2.18. The number of hydrogen-bond acceptors (Lipinski definition) is 2. The van der Waals surface area contributed by atoms with Crippen LogP contribution in [0.25, 0.3) is 11.1 Å². The number of rotatable bonds is 3. The predicted molar refractivity (Wildman–Crippen MR) is 97.8 cm³/mol. The standard InChI is InChI=1S/C22H16O3/c1-25-19-11-5-10-18(15-19)21-17(9-6-12-20(21)22(23)24)14-13-16-7-3-2-4-8-16/h2-12,15H,1H3,(H,23,24). The van der Waals surface area contributed by atoms with E-state index in [9.17, 15) is 9.90 Å². The van der Waals surface area contributed by atoms with Crippen LogP contribution >= 0.6 is 0 Å². The van der Waals surface area contributed by atoms with Gasteiger partial charge in [-0.2, -0.15) is 0 Å². The third-order valence-corrected chi connectivity index (χ3v) is 3.77. The summed E-state index contributed by atoms with van der Waals surface area (Å²) in [7, 11) is 1.58. The van der Waals surface area contributed by atoms with E-state index in [1.807, 2.05) is 60.7 Å². The Morgan fingerprint density at radius 2 is 1.68 bits per heavy atom. The smallest absolute Gasteiger partial charge is 0.336 e. The van der Waals surface area contributed by atoms with Crippen LogP contribution < -0.4 is 4.74 Å². The third-order valence-electron chi connectivity index (χ3n) is 3.77. The topological polar surface area (TPSA) is 46.5 Å². The minimum absolute atomic E-state index is 0.216. The normalized spacial score (nSPS) is 9.80. The van der Waals surface area contributed by atoms with Crippen LogP contribution in [-0.4, -0.2) is 18.2 Å². The zero-order chi connectivity index (χ0) is 17.6. The molecule has 0 amide bonds. The zero-order valence-corrected chi connectivity index (χ0v) is 13.7. The Morgan fingerprint density at radius 3 is 2.40 bits per heavy atom. The number of benzene rings is 3. The van der Waals surface area contributed by atoms with Crippen LogP contribution in [0.15, 0.2) is 72.8 Å². The Morgan fingerprint density at radius 1 is 0.920 bits per heavy atom. The quantitative estimate of drug-likeness (QED) is 0.722. The molecule has 0 bridgehead atoms. The first-order chi connectivity index (χ1) is 12.2. The molecule has 0 aliphatic heterocycles. The van der Waals surface area contributed by atoms with Gasteiger partial charge in [-0.1, -0.05) is 48.2 Å². The molecule has 0 aliphatic carbocycles. The molecular formula is C22H16O3. The summed E-state index contributed by atoms with van der Waals surface area (Å²) in [6.45, 7) is 0. The van der Waals surface area contributed by atoms with Gasteiger partial charge in [0.1, 0.15) is 5.75 Å². The summed E-state index contributed by atoms with van der Waals surface area (Å²) in [5, 5.41) is 9.58. The first kappa shape index (κ1) is 16.4. The van der Waals surface area contributed by atoms with E-state index < -0.39 is 5.97 Å². The molecule has 0 heterocycles.